The Bertz CT molecular complexity index is 798. The van der Waals surface area contributed by atoms with E-state index < -0.39 is 6.04 Å². The monoisotopic (exact) mass is 412 g/mol. The molecule has 0 heterocycles. The molecule has 2 amide bonds. The van der Waals surface area contributed by atoms with E-state index in [4.69, 9.17) is 0 Å². The minimum Gasteiger partial charge on any atom is -0.350 e. The van der Waals surface area contributed by atoms with Crippen LogP contribution in [0.3, 0.4) is 0 Å². The lowest BCUT2D eigenvalue weighted by Gasteiger charge is -2.31. The van der Waals surface area contributed by atoms with E-state index >= 15 is 0 Å². The highest BCUT2D eigenvalue weighted by molar-refractivity contribution is 8.00. The fourth-order valence-electron chi connectivity index (χ4n) is 2.91. The Morgan fingerprint density at radius 3 is 2.24 bits per heavy atom. The van der Waals surface area contributed by atoms with E-state index in [1.807, 2.05) is 82.3 Å². The molecule has 0 aliphatic carbocycles. The van der Waals surface area contributed by atoms with E-state index in [1.54, 1.807) is 11.8 Å². The van der Waals surface area contributed by atoms with E-state index in [0.717, 1.165) is 16.9 Å². The number of nitrogens with zero attached hydrogens (tertiary/aromatic N) is 1. The third-order valence-corrected chi connectivity index (χ3v) is 5.53. The van der Waals surface area contributed by atoms with Gasteiger partial charge in [-0.3, -0.25) is 9.59 Å². The molecule has 0 radical (unpaired) electrons. The highest BCUT2D eigenvalue weighted by atomic mass is 32.2. The number of hydrogen-bond acceptors (Lipinski definition) is 3. The second kappa shape index (κ2) is 10.5. The van der Waals surface area contributed by atoms with Gasteiger partial charge in [-0.05, 0) is 58.7 Å². The molecule has 0 unspecified atom stereocenters. The molecular formula is C24H32N2O2S. The minimum absolute atomic E-state index is 0.0249. The summed E-state index contributed by atoms with van der Waals surface area (Å²) in [5, 5.41) is 2.99. The molecule has 2 aromatic rings. The zero-order valence-corrected chi connectivity index (χ0v) is 18.9. The Morgan fingerprint density at radius 1 is 1.03 bits per heavy atom. The maximum absolute atomic E-state index is 13.0. The highest BCUT2D eigenvalue weighted by Crippen LogP contribution is 2.20. The molecule has 2 aromatic carbocycles. The fourth-order valence-corrected chi connectivity index (χ4v) is 3.69. The number of carbonyl (C=O) groups excluding carboxylic acids is 2. The first-order valence-electron chi connectivity index (χ1n) is 10.0. The molecule has 0 fully saturated rings. The fraction of sp³-hybridized carbons (Fsp3) is 0.417. The molecule has 0 saturated heterocycles. The van der Waals surface area contributed by atoms with Gasteiger partial charge in [0, 0.05) is 17.0 Å². The van der Waals surface area contributed by atoms with Crippen molar-refractivity contribution < 1.29 is 9.59 Å². The lowest BCUT2D eigenvalue weighted by molar-refractivity contribution is -0.138. The SMILES string of the molecule is Cc1ccc(SCC(=O)N(CCc2ccccc2)[C@H](C)C(=O)NC(C)(C)C)cc1. The van der Waals surface area contributed by atoms with Crippen molar-refractivity contribution in [3.8, 4) is 0 Å². The summed E-state index contributed by atoms with van der Waals surface area (Å²) in [5.41, 5.74) is 2.01. The van der Waals surface area contributed by atoms with Crippen LogP contribution in [0, 0.1) is 6.92 Å². The van der Waals surface area contributed by atoms with Crippen LogP contribution in [0.2, 0.25) is 0 Å². The summed E-state index contributed by atoms with van der Waals surface area (Å²) in [4.78, 5) is 28.5. The number of benzene rings is 2. The van der Waals surface area contributed by atoms with Crippen LogP contribution in [0.15, 0.2) is 59.5 Å². The molecule has 1 atom stereocenters. The summed E-state index contributed by atoms with van der Waals surface area (Å²) < 4.78 is 0. The zero-order valence-electron chi connectivity index (χ0n) is 18.1. The molecular weight excluding hydrogens is 380 g/mol. The van der Waals surface area contributed by atoms with Crippen molar-refractivity contribution in [1.29, 1.82) is 0 Å². The summed E-state index contributed by atoms with van der Waals surface area (Å²) in [6.07, 6.45) is 0.717. The lowest BCUT2D eigenvalue weighted by Crippen LogP contribution is -2.53. The maximum Gasteiger partial charge on any atom is 0.242 e. The van der Waals surface area contributed by atoms with Gasteiger partial charge < -0.3 is 10.2 Å². The Hall–Kier alpha value is -2.27. The van der Waals surface area contributed by atoms with Gasteiger partial charge in [0.25, 0.3) is 0 Å². The Morgan fingerprint density at radius 2 is 1.66 bits per heavy atom. The molecule has 2 rings (SSSR count). The number of amides is 2. The number of rotatable bonds is 8. The summed E-state index contributed by atoms with van der Waals surface area (Å²) >= 11 is 1.51. The molecule has 156 valence electrons. The number of hydrogen-bond donors (Lipinski definition) is 1. The quantitative estimate of drug-likeness (QED) is 0.651. The third kappa shape index (κ3) is 7.94. The van der Waals surface area contributed by atoms with E-state index in [9.17, 15) is 9.59 Å². The van der Waals surface area contributed by atoms with Crippen molar-refractivity contribution in [1.82, 2.24) is 10.2 Å². The first-order valence-corrected chi connectivity index (χ1v) is 11.0. The molecule has 29 heavy (non-hydrogen) atoms. The number of thioether (sulfide) groups is 1. The molecule has 0 aliphatic heterocycles. The van der Waals surface area contributed by atoms with Gasteiger partial charge in [-0.25, -0.2) is 0 Å². The molecule has 4 nitrogen and oxygen atoms in total. The van der Waals surface area contributed by atoms with E-state index in [2.05, 4.69) is 5.32 Å². The zero-order chi connectivity index (χ0) is 21.4. The lowest BCUT2D eigenvalue weighted by atomic mass is 10.1. The standard InChI is InChI=1S/C24H32N2O2S/c1-18-11-13-21(14-12-18)29-17-22(27)26(16-15-20-9-7-6-8-10-20)19(2)23(28)25-24(3,4)5/h6-14,19H,15-17H2,1-5H3,(H,25,28)/t19-/m1/s1. The van der Waals surface area contributed by atoms with Crippen LogP contribution in [0.4, 0.5) is 0 Å². The van der Waals surface area contributed by atoms with Crippen LogP contribution in [0.25, 0.3) is 0 Å². The Kier molecular flexibility index (Phi) is 8.32. The summed E-state index contributed by atoms with van der Waals surface area (Å²) in [6, 6.07) is 17.7. The van der Waals surface area contributed by atoms with Crippen LogP contribution in [0.5, 0.6) is 0 Å². The number of nitrogens with one attached hydrogen (secondary N) is 1. The van der Waals surface area contributed by atoms with Gasteiger partial charge in [0.15, 0.2) is 0 Å². The topological polar surface area (TPSA) is 49.4 Å². The summed E-state index contributed by atoms with van der Waals surface area (Å²) in [7, 11) is 0. The average molecular weight is 413 g/mol. The van der Waals surface area contributed by atoms with E-state index in [-0.39, 0.29) is 17.4 Å². The molecule has 0 spiro atoms. The predicted molar refractivity (Wildman–Crippen MR) is 121 cm³/mol. The van der Waals surface area contributed by atoms with Gasteiger partial charge in [0.1, 0.15) is 6.04 Å². The molecule has 0 saturated carbocycles. The van der Waals surface area contributed by atoms with Crippen molar-refractivity contribution in [2.45, 2.75) is 57.5 Å². The van der Waals surface area contributed by atoms with Crippen LogP contribution in [0.1, 0.15) is 38.8 Å². The van der Waals surface area contributed by atoms with Gasteiger partial charge in [0.2, 0.25) is 11.8 Å². The van der Waals surface area contributed by atoms with Gasteiger partial charge >= 0.3 is 0 Å². The molecule has 0 bridgehead atoms. The van der Waals surface area contributed by atoms with Gasteiger partial charge in [-0.2, -0.15) is 0 Å². The van der Waals surface area contributed by atoms with Crippen molar-refractivity contribution >= 4 is 23.6 Å². The van der Waals surface area contributed by atoms with E-state index in [1.165, 1.54) is 17.3 Å². The van der Waals surface area contributed by atoms with Crippen molar-refractivity contribution in [2.75, 3.05) is 12.3 Å². The maximum atomic E-state index is 13.0. The molecule has 0 aromatic heterocycles. The summed E-state index contributed by atoms with van der Waals surface area (Å²) in [5.74, 6) is 0.160. The Labute approximate surface area is 179 Å². The number of carbonyl (C=O) groups is 2. The highest BCUT2D eigenvalue weighted by Gasteiger charge is 2.28. The predicted octanol–water partition coefficient (Wildman–Crippen LogP) is 4.46. The van der Waals surface area contributed by atoms with E-state index in [0.29, 0.717) is 12.3 Å². The van der Waals surface area contributed by atoms with Crippen molar-refractivity contribution in [2.24, 2.45) is 0 Å². The minimum atomic E-state index is -0.524. The summed E-state index contributed by atoms with van der Waals surface area (Å²) in [6.45, 7) is 10.2. The van der Waals surface area contributed by atoms with Crippen molar-refractivity contribution in [3.05, 3.63) is 65.7 Å². The van der Waals surface area contributed by atoms with Crippen molar-refractivity contribution in [3.63, 3.8) is 0 Å². The van der Waals surface area contributed by atoms with Gasteiger partial charge in [-0.1, -0.05) is 48.0 Å². The third-order valence-electron chi connectivity index (χ3n) is 4.53. The van der Waals surface area contributed by atoms with Gasteiger partial charge in [0.05, 0.1) is 5.75 Å². The second-order valence-electron chi connectivity index (χ2n) is 8.34. The first-order chi connectivity index (χ1) is 13.7. The smallest absolute Gasteiger partial charge is 0.242 e. The average Bonchev–Trinajstić information content (AvgIpc) is 2.67. The Balaban J connectivity index is 2.07. The van der Waals surface area contributed by atoms with Crippen LogP contribution < -0.4 is 5.32 Å². The van der Waals surface area contributed by atoms with Crippen LogP contribution in [-0.2, 0) is 16.0 Å². The molecule has 1 N–H and O–H groups in total. The van der Waals surface area contributed by atoms with Gasteiger partial charge in [-0.15, -0.1) is 11.8 Å². The normalized spacial score (nSPS) is 12.3. The largest absolute Gasteiger partial charge is 0.350 e. The van der Waals surface area contributed by atoms with Crippen LogP contribution in [-0.4, -0.2) is 40.6 Å². The second-order valence-corrected chi connectivity index (χ2v) is 9.39. The molecule has 5 heteroatoms. The number of aryl methyl sites for hydroxylation is 1. The molecule has 0 aliphatic rings. The van der Waals surface area contributed by atoms with Crippen LogP contribution >= 0.6 is 11.8 Å². The first kappa shape index (κ1) is 23.0.